The van der Waals surface area contributed by atoms with Gasteiger partial charge in [0.1, 0.15) is 11.9 Å². The third-order valence-electron chi connectivity index (χ3n) is 5.44. The molecule has 2 amide bonds. The predicted octanol–water partition coefficient (Wildman–Crippen LogP) is 1.64. The molecular weight excluding hydrogens is 422 g/mol. The zero-order valence-electron chi connectivity index (χ0n) is 18.1. The summed E-state index contributed by atoms with van der Waals surface area (Å²) in [5.74, 6) is 0.0686. The van der Waals surface area contributed by atoms with Crippen LogP contribution >= 0.6 is 0 Å². The number of ether oxygens (including phenoxy) is 1. The van der Waals surface area contributed by atoms with E-state index >= 15 is 0 Å². The molecule has 168 valence electrons. The molecule has 1 aromatic carbocycles. The van der Waals surface area contributed by atoms with Crippen LogP contribution in [0.25, 0.3) is 5.69 Å². The van der Waals surface area contributed by atoms with Gasteiger partial charge in [-0.05, 0) is 36.8 Å². The third kappa shape index (κ3) is 5.33. The van der Waals surface area contributed by atoms with Gasteiger partial charge in [-0.2, -0.15) is 5.26 Å². The number of aryl methyl sites for hydroxylation is 1. The van der Waals surface area contributed by atoms with Gasteiger partial charge in [-0.25, -0.2) is 4.68 Å². The third-order valence-corrected chi connectivity index (χ3v) is 5.44. The molecule has 0 unspecified atom stereocenters. The van der Waals surface area contributed by atoms with E-state index in [1.54, 1.807) is 41.6 Å². The van der Waals surface area contributed by atoms with Gasteiger partial charge in [-0.3, -0.25) is 14.6 Å². The van der Waals surface area contributed by atoms with Gasteiger partial charge in [0.2, 0.25) is 5.91 Å². The number of benzene rings is 1. The number of aromatic nitrogens is 4. The first-order chi connectivity index (χ1) is 16.0. The topological polar surface area (TPSA) is 126 Å². The van der Waals surface area contributed by atoms with Crippen molar-refractivity contribution in [1.82, 2.24) is 30.2 Å². The lowest BCUT2D eigenvalue weighted by Gasteiger charge is -2.32. The number of hydrogen-bond acceptors (Lipinski definition) is 7. The minimum Gasteiger partial charge on any atom is -0.490 e. The Morgan fingerprint density at radius 3 is 2.82 bits per heavy atom. The Morgan fingerprint density at radius 1 is 1.27 bits per heavy atom. The fourth-order valence-electron chi connectivity index (χ4n) is 3.54. The maximum absolute atomic E-state index is 12.5. The SMILES string of the molecule is Cc1ccc(C#N)cc1OC1CCN(C(=O)CNC(=O)c2cn(-c3cccnc3)nn2)CC1. The molecule has 33 heavy (non-hydrogen) atoms. The van der Waals surface area contributed by atoms with Crippen molar-refractivity contribution in [2.24, 2.45) is 0 Å². The van der Waals surface area contributed by atoms with Crippen LogP contribution < -0.4 is 10.1 Å². The number of piperidine rings is 1. The van der Waals surface area contributed by atoms with E-state index in [-0.39, 0.29) is 24.2 Å². The average molecular weight is 445 g/mol. The highest BCUT2D eigenvalue weighted by atomic mass is 16.5. The Bertz CT molecular complexity index is 1180. The van der Waals surface area contributed by atoms with Crippen LogP contribution in [0.1, 0.15) is 34.5 Å². The Morgan fingerprint density at radius 2 is 2.09 bits per heavy atom. The molecule has 3 aromatic rings. The lowest BCUT2D eigenvalue weighted by molar-refractivity contribution is -0.131. The summed E-state index contributed by atoms with van der Waals surface area (Å²) in [6, 6.07) is 11.0. The minimum absolute atomic E-state index is 0.0289. The molecule has 2 aromatic heterocycles. The average Bonchev–Trinajstić information content (AvgIpc) is 3.35. The molecule has 0 atom stereocenters. The predicted molar refractivity (Wildman–Crippen MR) is 118 cm³/mol. The summed E-state index contributed by atoms with van der Waals surface area (Å²) in [5.41, 5.74) is 2.32. The largest absolute Gasteiger partial charge is 0.490 e. The van der Waals surface area contributed by atoms with E-state index in [1.807, 2.05) is 13.0 Å². The van der Waals surface area contributed by atoms with E-state index in [1.165, 1.54) is 10.9 Å². The first-order valence-electron chi connectivity index (χ1n) is 10.6. The quantitative estimate of drug-likeness (QED) is 0.611. The smallest absolute Gasteiger partial charge is 0.273 e. The number of likely N-dealkylation sites (tertiary alicyclic amines) is 1. The summed E-state index contributed by atoms with van der Waals surface area (Å²) in [4.78, 5) is 30.6. The molecule has 0 spiro atoms. The van der Waals surface area contributed by atoms with E-state index in [0.29, 0.717) is 42.9 Å². The monoisotopic (exact) mass is 445 g/mol. The highest BCUT2D eigenvalue weighted by Crippen LogP contribution is 2.24. The zero-order chi connectivity index (χ0) is 23.2. The number of carbonyl (C=O) groups is 2. The van der Waals surface area contributed by atoms with E-state index in [0.717, 1.165) is 5.56 Å². The molecule has 0 aliphatic carbocycles. The highest BCUT2D eigenvalue weighted by molar-refractivity contribution is 5.94. The highest BCUT2D eigenvalue weighted by Gasteiger charge is 2.25. The number of amides is 2. The van der Waals surface area contributed by atoms with Crippen LogP contribution in [0.15, 0.2) is 48.9 Å². The van der Waals surface area contributed by atoms with Crippen molar-refractivity contribution < 1.29 is 14.3 Å². The second kappa shape index (κ2) is 9.91. The molecule has 1 aliphatic rings. The minimum atomic E-state index is -0.468. The van der Waals surface area contributed by atoms with Crippen molar-refractivity contribution in [2.75, 3.05) is 19.6 Å². The molecule has 1 fully saturated rings. The van der Waals surface area contributed by atoms with Crippen LogP contribution in [0.5, 0.6) is 5.75 Å². The van der Waals surface area contributed by atoms with Gasteiger partial charge >= 0.3 is 0 Å². The van der Waals surface area contributed by atoms with Crippen molar-refractivity contribution in [3.63, 3.8) is 0 Å². The number of carbonyl (C=O) groups excluding carboxylic acids is 2. The van der Waals surface area contributed by atoms with Crippen LogP contribution in [0.3, 0.4) is 0 Å². The van der Waals surface area contributed by atoms with Crippen molar-refractivity contribution in [3.05, 3.63) is 65.7 Å². The van der Waals surface area contributed by atoms with E-state index in [9.17, 15) is 9.59 Å². The van der Waals surface area contributed by atoms with Gasteiger partial charge < -0.3 is 15.0 Å². The van der Waals surface area contributed by atoms with Crippen molar-refractivity contribution in [2.45, 2.75) is 25.9 Å². The Balaban J connectivity index is 1.25. The standard InChI is InChI=1S/C23H23N7O3/c1-16-4-5-17(12-24)11-21(16)33-19-6-9-29(10-7-19)22(31)14-26-23(32)20-15-30(28-27-20)18-3-2-8-25-13-18/h2-5,8,11,13,15,19H,6-7,9-10,14H2,1H3,(H,26,32). The maximum atomic E-state index is 12.5. The van der Waals surface area contributed by atoms with Crippen molar-refractivity contribution in [3.8, 4) is 17.5 Å². The molecule has 1 aliphatic heterocycles. The molecule has 1 N–H and O–H groups in total. The second-order valence-corrected chi connectivity index (χ2v) is 7.73. The van der Waals surface area contributed by atoms with E-state index in [4.69, 9.17) is 10.00 Å². The second-order valence-electron chi connectivity index (χ2n) is 7.73. The number of pyridine rings is 1. The molecular formula is C23H23N7O3. The lowest BCUT2D eigenvalue weighted by Crippen LogP contribution is -2.46. The zero-order valence-corrected chi connectivity index (χ0v) is 18.1. The van der Waals surface area contributed by atoms with Gasteiger partial charge in [0.25, 0.3) is 5.91 Å². The van der Waals surface area contributed by atoms with E-state index < -0.39 is 5.91 Å². The maximum Gasteiger partial charge on any atom is 0.273 e. The molecule has 1 saturated heterocycles. The fraction of sp³-hybridized carbons (Fsp3) is 0.304. The number of nitrogens with one attached hydrogen (secondary N) is 1. The van der Waals surface area contributed by atoms with Gasteiger partial charge in [0.05, 0.1) is 36.3 Å². The first kappa shape index (κ1) is 22.0. The molecule has 0 saturated carbocycles. The molecule has 0 bridgehead atoms. The summed E-state index contributed by atoms with van der Waals surface area (Å²) in [5, 5.41) is 19.5. The molecule has 10 heteroatoms. The lowest BCUT2D eigenvalue weighted by atomic mass is 10.1. The Kier molecular flexibility index (Phi) is 6.59. The van der Waals surface area contributed by atoms with Gasteiger partial charge in [-0.1, -0.05) is 11.3 Å². The van der Waals surface area contributed by atoms with Crippen LogP contribution in [-0.2, 0) is 4.79 Å². The summed E-state index contributed by atoms with van der Waals surface area (Å²) < 4.78 is 7.52. The molecule has 10 nitrogen and oxygen atoms in total. The Labute approximate surface area is 190 Å². The van der Waals surface area contributed by atoms with Gasteiger partial charge in [0.15, 0.2) is 5.69 Å². The van der Waals surface area contributed by atoms with Crippen LogP contribution in [0.2, 0.25) is 0 Å². The summed E-state index contributed by atoms with van der Waals surface area (Å²) in [7, 11) is 0. The van der Waals surface area contributed by atoms with Gasteiger partial charge in [-0.15, -0.1) is 5.10 Å². The summed E-state index contributed by atoms with van der Waals surface area (Å²) in [6.45, 7) is 2.89. The first-order valence-corrected chi connectivity index (χ1v) is 10.6. The van der Waals surface area contributed by atoms with Crippen molar-refractivity contribution in [1.29, 1.82) is 5.26 Å². The fourth-order valence-corrected chi connectivity index (χ4v) is 3.54. The van der Waals surface area contributed by atoms with E-state index in [2.05, 4.69) is 26.7 Å². The molecule has 3 heterocycles. The Hall–Kier alpha value is -4.26. The normalized spacial score (nSPS) is 13.9. The van der Waals surface area contributed by atoms with Crippen LogP contribution in [0.4, 0.5) is 0 Å². The van der Waals surface area contributed by atoms with Gasteiger partial charge in [0, 0.05) is 32.1 Å². The summed E-state index contributed by atoms with van der Waals surface area (Å²) >= 11 is 0. The molecule has 0 radical (unpaired) electrons. The number of rotatable bonds is 6. The van der Waals surface area contributed by atoms with Crippen LogP contribution in [-0.4, -0.2) is 62.4 Å². The number of nitriles is 1. The number of nitrogens with zero attached hydrogens (tertiary/aromatic N) is 6. The summed E-state index contributed by atoms with van der Waals surface area (Å²) in [6.07, 6.45) is 6.06. The van der Waals surface area contributed by atoms with Crippen molar-refractivity contribution >= 4 is 11.8 Å². The van der Waals surface area contributed by atoms with Crippen LogP contribution in [0, 0.1) is 18.3 Å². The number of hydrogen-bond donors (Lipinski definition) is 1. The molecule has 4 rings (SSSR count).